The number of rotatable bonds is 17. The number of aliphatic carboxylic acids is 2. The van der Waals surface area contributed by atoms with Crippen LogP contribution in [0.4, 0.5) is 0 Å². The number of hydrogen-bond donors (Lipinski definition) is 2. The average molecular weight is 901 g/mol. The van der Waals surface area contributed by atoms with E-state index in [-0.39, 0.29) is 51.0 Å². The van der Waals surface area contributed by atoms with Crippen molar-refractivity contribution < 1.29 is 38.9 Å². The third kappa shape index (κ3) is 13.5. The van der Waals surface area contributed by atoms with Gasteiger partial charge in [-0.05, 0) is 46.2 Å². The minimum atomic E-state index is -1.01. The van der Waals surface area contributed by atoms with E-state index in [2.05, 4.69) is 12.1 Å². The summed E-state index contributed by atoms with van der Waals surface area (Å²) in [4.78, 5) is 54.4. The molecule has 2 aliphatic heterocycles. The van der Waals surface area contributed by atoms with Crippen molar-refractivity contribution in [1.82, 2.24) is 9.80 Å². The highest BCUT2D eigenvalue weighted by Gasteiger charge is 2.44. The lowest BCUT2D eigenvalue weighted by Gasteiger charge is -2.27. The Balaban J connectivity index is 0.000000218. The van der Waals surface area contributed by atoms with Crippen LogP contribution < -0.4 is 0 Å². The molecule has 2 fully saturated rings. The number of hydrogen-bond acceptors (Lipinski definition) is 6. The zero-order valence-corrected chi connectivity index (χ0v) is 36.8. The molecule has 2 heterocycles. The number of amides is 2. The Kier molecular flexibility index (Phi) is 18.4. The third-order valence-electron chi connectivity index (χ3n) is 12.0. The van der Waals surface area contributed by atoms with Crippen LogP contribution >= 0.6 is 0 Å². The topological polar surface area (TPSA) is 134 Å². The first-order chi connectivity index (χ1) is 32.3. The van der Waals surface area contributed by atoms with Gasteiger partial charge >= 0.3 is 11.9 Å². The molecule has 67 heavy (non-hydrogen) atoms. The van der Waals surface area contributed by atoms with Crippen LogP contribution in [-0.4, -0.2) is 94.4 Å². The van der Waals surface area contributed by atoms with Crippen molar-refractivity contribution >= 4 is 29.8 Å². The average Bonchev–Trinajstić information content (AvgIpc) is 4.00. The van der Waals surface area contributed by atoms with Gasteiger partial charge in [-0.1, -0.05) is 202 Å². The van der Waals surface area contributed by atoms with Gasteiger partial charge in [0, 0.05) is 32.5 Å². The van der Waals surface area contributed by atoms with Gasteiger partial charge < -0.3 is 29.5 Å². The lowest BCUT2D eigenvalue weighted by atomic mass is 9.90. The minimum absolute atomic E-state index is 0. The first kappa shape index (κ1) is 49.3. The predicted octanol–water partition coefficient (Wildman–Crippen LogP) is 9.76. The number of likely N-dealkylation sites (tertiary alicyclic amines) is 2. The fourth-order valence-corrected chi connectivity index (χ4v) is 8.77. The molecule has 10 nitrogen and oxygen atoms in total. The number of carbonyl (C=O) groups is 4. The number of nitrogens with zero attached hydrogens (tertiary/aromatic N) is 2. The van der Waals surface area contributed by atoms with Gasteiger partial charge in [0.05, 0.1) is 30.7 Å². The molecule has 0 radical (unpaired) electrons. The van der Waals surface area contributed by atoms with E-state index in [1.165, 1.54) is 15.4 Å². The second-order valence-corrected chi connectivity index (χ2v) is 16.5. The van der Waals surface area contributed by atoms with E-state index in [9.17, 15) is 29.4 Å². The second kappa shape index (κ2) is 25.0. The van der Waals surface area contributed by atoms with Crippen LogP contribution in [0.3, 0.4) is 0 Å². The predicted molar refractivity (Wildman–Crippen MR) is 261 cm³/mol. The maximum absolute atomic E-state index is 13.7. The summed E-state index contributed by atoms with van der Waals surface area (Å²) in [6, 6.07) is 56.4. The maximum Gasteiger partial charge on any atom is 0.326 e. The van der Waals surface area contributed by atoms with E-state index in [0.717, 1.165) is 40.7 Å². The number of carbonyl (C=O) groups excluding carboxylic acids is 2. The monoisotopic (exact) mass is 900 g/mol. The highest BCUT2D eigenvalue weighted by molar-refractivity contribution is 5.92. The first-order valence-corrected chi connectivity index (χ1v) is 22.5. The Morgan fingerprint density at radius 3 is 1.27 bits per heavy atom. The second-order valence-electron chi connectivity index (χ2n) is 16.5. The molecular formula is C57H60N2O8. The molecule has 4 atom stereocenters. The molecule has 0 unspecified atom stereocenters. The summed E-state index contributed by atoms with van der Waals surface area (Å²) in [5.41, 5.74) is 5.71. The van der Waals surface area contributed by atoms with Crippen molar-refractivity contribution in [3.05, 3.63) is 221 Å². The molecule has 2 aliphatic rings. The summed E-state index contributed by atoms with van der Waals surface area (Å²) in [5.74, 6) is -3.52. The van der Waals surface area contributed by atoms with Gasteiger partial charge in [0.2, 0.25) is 11.8 Å². The van der Waals surface area contributed by atoms with Crippen molar-refractivity contribution in [2.75, 3.05) is 26.3 Å². The van der Waals surface area contributed by atoms with Gasteiger partial charge in [-0.3, -0.25) is 9.59 Å². The molecule has 8 rings (SSSR count). The Morgan fingerprint density at radius 1 is 0.522 bits per heavy atom. The van der Waals surface area contributed by atoms with Gasteiger partial charge in [-0.2, -0.15) is 0 Å². The van der Waals surface area contributed by atoms with Crippen molar-refractivity contribution in [3.63, 3.8) is 0 Å². The lowest BCUT2D eigenvalue weighted by Crippen LogP contribution is -2.43. The van der Waals surface area contributed by atoms with E-state index < -0.39 is 35.9 Å². The fraction of sp³-hybridized carbons (Fsp3) is 0.263. The highest BCUT2D eigenvalue weighted by Crippen LogP contribution is 2.33. The van der Waals surface area contributed by atoms with E-state index in [1.54, 1.807) is 0 Å². The van der Waals surface area contributed by atoms with Gasteiger partial charge in [0.15, 0.2) is 0 Å². The number of ether oxygens (including phenoxy) is 2. The summed E-state index contributed by atoms with van der Waals surface area (Å²) in [7, 11) is 0. The molecule has 346 valence electrons. The Morgan fingerprint density at radius 2 is 0.881 bits per heavy atom. The molecule has 6 aromatic rings. The lowest BCUT2D eigenvalue weighted by molar-refractivity contribution is -0.148. The molecular weight excluding hydrogens is 841 g/mol. The molecule has 0 bridgehead atoms. The number of benzene rings is 6. The Labute approximate surface area is 394 Å². The SMILES string of the molecule is C.O=C(O)[C@@H]1C[C@H](OC/C=C/c2ccccc2)CN1C(=O)C(c1ccccc1)c1ccccc1.O=C(O)[C@@H]1C[C@H](OCCCc2ccccc2)CN1C(=O)C(c1ccccc1)c1ccccc1. The van der Waals surface area contributed by atoms with Crippen LogP contribution in [0.15, 0.2) is 188 Å². The summed E-state index contributed by atoms with van der Waals surface area (Å²) in [6.45, 7) is 1.44. The molecule has 0 saturated carbocycles. The van der Waals surface area contributed by atoms with Gasteiger partial charge in [-0.25, -0.2) is 9.59 Å². The molecule has 10 heteroatoms. The molecule has 0 aromatic heterocycles. The summed E-state index contributed by atoms with van der Waals surface area (Å²) in [5, 5.41) is 19.7. The molecule has 2 amide bonds. The van der Waals surface area contributed by atoms with Gasteiger partial charge in [0.1, 0.15) is 12.1 Å². The summed E-state index contributed by atoms with van der Waals surface area (Å²) in [6.07, 6.45) is 5.60. The Hall–Kier alpha value is -7.14. The number of carboxylic acid groups (broad SMARTS) is 2. The zero-order valence-electron chi connectivity index (χ0n) is 36.8. The number of aryl methyl sites for hydroxylation is 1. The molecule has 0 spiro atoms. The smallest absolute Gasteiger partial charge is 0.326 e. The van der Waals surface area contributed by atoms with Crippen LogP contribution in [0.5, 0.6) is 0 Å². The van der Waals surface area contributed by atoms with Crippen LogP contribution in [0.2, 0.25) is 0 Å². The Bertz CT molecular complexity index is 2390. The normalized spacial score (nSPS) is 17.8. The van der Waals surface area contributed by atoms with Gasteiger partial charge in [-0.15, -0.1) is 0 Å². The van der Waals surface area contributed by atoms with Crippen LogP contribution in [-0.2, 0) is 35.1 Å². The summed E-state index contributed by atoms with van der Waals surface area (Å²) < 4.78 is 12.0. The molecule has 0 aliphatic carbocycles. The van der Waals surface area contributed by atoms with Gasteiger partial charge in [0.25, 0.3) is 0 Å². The zero-order chi connectivity index (χ0) is 46.1. The van der Waals surface area contributed by atoms with E-state index >= 15 is 0 Å². The molecule has 2 N–H and O–H groups in total. The quantitative estimate of drug-likeness (QED) is 0.0865. The van der Waals surface area contributed by atoms with Crippen molar-refractivity contribution in [2.24, 2.45) is 0 Å². The largest absolute Gasteiger partial charge is 0.480 e. The van der Waals surface area contributed by atoms with E-state index in [1.807, 2.05) is 182 Å². The minimum Gasteiger partial charge on any atom is -0.480 e. The van der Waals surface area contributed by atoms with Crippen LogP contribution in [0.1, 0.15) is 71.9 Å². The molecule has 6 aromatic carbocycles. The van der Waals surface area contributed by atoms with E-state index in [4.69, 9.17) is 9.47 Å². The number of carboxylic acids is 2. The van der Waals surface area contributed by atoms with Crippen LogP contribution in [0.25, 0.3) is 6.08 Å². The van der Waals surface area contributed by atoms with Crippen molar-refractivity contribution in [2.45, 2.75) is 69.2 Å². The standard InChI is InChI=1S/C28H29NO4.C28H27NO4.CH4/c2*30-27(26(22-14-6-2-7-15-22)23-16-8-3-9-17-23)29-20-24(19-25(29)28(31)32)33-18-10-13-21-11-4-1-5-12-21;/h1-9,11-12,14-17,24-26H,10,13,18-20H2,(H,31,32);1-17,24-26H,18-20H2,(H,31,32);1H4/b;13-10+;/t2*24-,25-;/m00./s1. The van der Waals surface area contributed by atoms with E-state index in [0.29, 0.717) is 19.6 Å². The highest BCUT2D eigenvalue weighted by atomic mass is 16.5. The van der Waals surface area contributed by atoms with Crippen molar-refractivity contribution in [3.8, 4) is 0 Å². The third-order valence-corrected chi connectivity index (χ3v) is 12.0. The van der Waals surface area contributed by atoms with Crippen molar-refractivity contribution in [1.29, 1.82) is 0 Å². The fourth-order valence-electron chi connectivity index (χ4n) is 8.77. The summed E-state index contributed by atoms with van der Waals surface area (Å²) >= 11 is 0. The molecule has 2 saturated heterocycles. The van der Waals surface area contributed by atoms with Crippen LogP contribution in [0, 0.1) is 0 Å². The maximum atomic E-state index is 13.7. The first-order valence-electron chi connectivity index (χ1n) is 22.5.